The summed E-state index contributed by atoms with van der Waals surface area (Å²) in [6.07, 6.45) is 4.68. The smallest absolute Gasteiger partial charge is 0.227 e. The minimum Gasteiger partial charge on any atom is -0.497 e. The van der Waals surface area contributed by atoms with E-state index in [4.69, 9.17) is 9.26 Å². The number of benzene rings is 1. The van der Waals surface area contributed by atoms with E-state index in [2.05, 4.69) is 21.5 Å². The van der Waals surface area contributed by atoms with Crippen molar-refractivity contribution >= 4 is 22.2 Å². The summed E-state index contributed by atoms with van der Waals surface area (Å²) < 4.78 is 10.4. The molecule has 148 valence electrons. The number of fused-ring (bicyclic) bond motifs is 1. The summed E-state index contributed by atoms with van der Waals surface area (Å²) in [4.78, 5) is 18.0. The fraction of sp³-hybridized carbons (Fsp3) is 0.333. The Hall–Kier alpha value is -3.18. The predicted molar refractivity (Wildman–Crippen MR) is 109 cm³/mol. The Morgan fingerprint density at radius 2 is 2.10 bits per heavy atom. The zero-order chi connectivity index (χ0) is 20.2. The van der Waals surface area contributed by atoms with Crippen molar-refractivity contribution in [3.63, 3.8) is 0 Å². The van der Waals surface area contributed by atoms with Crippen molar-refractivity contribution in [3.05, 3.63) is 46.2 Å². The molecular weight excluding hydrogens is 388 g/mol. The highest BCUT2D eigenvalue weighted by atomic mass is 32.1. The number of carbonyl (C=O) groups is 1. The molecule has 8 heteroatoms. The topological polar surface area (TPSA) is 101 Å². The quantitative estimate of drug-likeness (QED) is 0.658. The number of hydrogen-bond donors (Lipinski definition) is 1. The number of hydrogen-bond acceptors (Lipinski definition) is 7. The molecule has 0 radical (unpaired) electrons. The van der Waals surface area contributed by atoms with Crippen LogP contribution in [0.5, 0.6) is 5.75 Å². The van der Waals surface area contributed by atoms with Gasteiger partial charge in [0.25, 0.3) is 0 Å². The molecule has 0 fully saturated rings. The van der Waals surface area contributed by atoms with Crippen molar-refractivity contribution in [1.29, 1.82) is 5.26 Å². The largest absolute Gasteiger partial charge is 0.497 e. The summed E-state index contributed by atoms with van der Waals surface area (Å²) in [5.41, 5.74) is 2.55. The van der Waals surface area contributed by atoms with Crippen LogP contribution in [0, 0.1) is 11.3 Å². The molecule has 1 aliphatic carbocycles. The molecule has 0 spiro atoms. The molecule has 29 heavy (non-hydrogen) atoms. The number of ether oxygens (including phenoxy) is 1. The Balaban J connectivity index is 1.37. The Bertz CT molecular complexity index is 1060. The van der Waals surface area contributed by atoms with Gasteiger partial charge in [-0.3, -0.25) is 4.79 Å². The number of aromatic nitrogens is 2. The average Bonchev–Trinajstić information content (AvgIpc) is 3.36. The van der Waals surface area contributed by atoms with Crippen LogP contribution in [0.3, 0.4) is 0 Å². The maximum absolute atomic E-state index is 12.4. The third-order valence-corrected chi connectivity index (χ3v) is 6.13. The van der Waals surface area contributed by atoms with Crippen LogP contribution in [-0.4, -0.2) is 23.2 Å². The van der Waals surface area contributed by atoms with Gasteiger partial charge in [0.2, 0.25) is 17.6 Å². The highest BCUT2D eigenvalue weighted by molar-refractivity contribution is 7.16. The third-order valence-electron chi connectivity index (χ3n) is 4.92. The van der Waals surface area contributed by atoms with Gasteiger partial charge in [-0.25, -0.2) is 0 Å². The maximum Gasteiger partial charge on any atom is 0.227 e. The first kappa shape index (κ1) is 19.2. The number of rotatable bonds is 6. The van der Waals surface area contributed by atoms with E-state index in [0.29, 0.717) is 28.7 Å². The first-order valence-corrected chi connectivity index (χ1v) is 10.3. The number of anilines is 1. The zero-order valence-corrected chi connectivity index (χ0v) is 16.8. The average molecular weight is 408 g/mol. The molecule has 1 aromatic carbocycles. The van der Waals surface area contributed by atoms with Crippen LogP contribution in [0.15, 0.2) is 28.8 Å². The summed E-state index contributed by atoms with van der Waals surface area (Å²) in [7, 11) is 1.61. The van der Waals surface area contributed by atoms with Gasteiger partial charge < -0.3 is 14.6 Å². The van der Waals surface area contributed by atoms with Gasteiger partial charge in [0.05, 0.1) is 12.7 Å². The van der Waals surface area contributed by atoms with E-state index in [1.165, 1.54) is 16.2 Å². The second-order valence-corrected chi connectivity index (χ2v) is 7.92. The molecular formula is C21H20N4O3S. The number of carbonyl (C=O) groups excluding carboxylic acids is 1. The van der Waals surface area contributed by atoms with Gasteiger partial charge in [-0.15, -0.1) is 11.3 Å². The monoisotopic (exact) mass is 408 g/mol. The van der Waals surface area contributed by atoms with Gasteiger partial charge in [-0.2, -0.15) is 10.2 Å². The summed E-state index contributed by atoms with van der Waals surface area (Å²) >= 11 is 1.52. The number of nitrogens with one attached hydrogen (secondary N) is 1. The first-order chi connectivity index (χ1) is 14.2. The number of thiophene rings is 1. The number of amides is 1. The number of methoxy groups -OCH3 is 1. The minimum atomic E-state index is -0.163. The fourth-order valence-electron chi connectivity index (χ4n) is 3.40. The lowest BCUT2D eigenvalue weighted by atomic mass is 9.96. The van der Waals surface area contributed by atoms with E-state index in [9.17, 15) is 10.1 Å². The summed E-state index contributed by atoms with van der Waals surface area (Å²) in [5, 5.41) is 17.0. The zero-order valence-electron chi connectivity index (χ0n) is 16.0. The van der Waals surface area contributed by atoms with Crippen LogP contribution < -0.4 is 10.1 Å². The van der Waals surface area contributed by atoms with Gasteiger partial charge in [0.15, 0.2) is 0 Å². The van der Waals surface area contributed by atoms with Crippen LogP contribution >= 0.6 is 11.3 Å². The molecule has 1 amide bonds. The second kappa shape index (κ2) is 8.45. The summed E-state index contributed by atoms with van der Waals surface area (Å²) in [6, 6.07) is 9.61. The highest BCUT2D eigenvalue weighted by Crippen LogP contribution is 2.37. The van der Waals surface area contributed by atoms with Crippen LogP contribution in [0.2, 0.25) is 0 Å². The molecule has 0 atom stereocenters. The van der Waals surface area contributed by atoms with Crippen molar-refractivity contribution in [3.8, 4) is 23.2 Å². The van der Waals surface area contributed by atoms with Crippen molar-refractivity contribution in [1.82, 2.24) is 10.1 Å². The first-order valence-electron chi connectivity index (χ1n) is 9.49. The SMILES string of the molecule is COc1ccc(-c2noc(CCC(=O)Nc3sc4c(c3C#N)CCCC4)n2)cc1. The Labute approximate surface area is 172 Å². The minimum absolute atomic E-state index is 0.163. The second-order valence-electron chi connectivity index (χ2n) is 6.82. The van der Waals surface area contributed by atoms with Crippen LogP contribution in [0.1, 0.15) is 41.2 Å². The normalized spacial score (nSPS) is 12.8. The van der Waals surface area contributed by atoms with Gasteiger partial charge in [-0.05, 0) is 55.5 Å². The van der Waals surface area contributed by atoms with Crippen LogP contribution in [-0.2, 0) is 24.1 Å². The lowest BCUT2D eigenvalue weighted by Crippen LogP contribution is -2.12. The van der Waals surface area contributed by atoms with E-state index >= 15 is 0 Å². The van der Waals surface area contributed by atoms with Crippen LogP contribution in [0.4, 0.5) is 5.00 Å². The van der Waals surface area contributed by atoms with Gasteiger partial charge in [0, 0.05) is 23.3 Å². The molecule has 0 bridgehead atoms. The maximum atomic E-state index is 12.4. The van der Waals surface area contributed by atoms with Crippen molar-refractivity contribution < 1.29 is 14.1 Å². The standard InChI is InChI=1S/C21H20N4O3S/c1-27-14-8-6-13(7-9-14)20-24-19(28-25-20)11-10-18(26)23-21-16(12-22)15-4-2-3-5-17(15)29-21/h6-9H,2-5,10-11H2,1H3,(H,23,26). The van der Waals surface area contributed by atoms with E-state index in [1.807, 2.05) is 24.3 Å². The van der Waals surface area contributed by atoms with Crippen molar-refractivity contribution in [2.75, 3.05) is 12.4 Å². The lowest BCUT2D eigenvalue weighted by Gasteiger charge is -2.09. The molecule has 7 nitrogen and oxygen atoms in total. The molecule has 2 heterocycles. The molecule has 0 unspecified atom stereocenters. The molecule has 3 aromatic rings. The summed E-state index contributed by atoms with van der Waals surface area (Å²) in [5.74, 6) is 1.46. The number of nitriles is 1. The molecule has 4 rings (SSSR count). The Morgan fingerprint density at radius 3 is 2.86 bits per heavy atom. The predicted octanol–water partition coefficient (Wildman–Crippen LogP) is 4.13. The highest BCUT2D eigenvalue weighted by Gasteiger charge is 2.22. The summed E-state index contributed by atoms with van der Waals surface area (Å²) in [6.45, 7) is 0. The Morgan fingerprint density at radius 1 is 1.31 bits per heavy atom. The molecule has 0 saturated carbocycles. The molecule has 0 saturated heterocycles. The fourth-order valence-corrected chi connectivity index (χ4v) is 4.65. The van der Waals surface area contributed by atoms with Gasteiger partial charge in [0.1, 0.15) is 16.8 Å². The lowest BCUT2D eigenvalue weighted by molar-refractivity contribution is -0.116. The molecule has 1 aliphatic rings. The van der Waals surface area contributed by atoms with Crippen molar-refractivity contribution in [2.45, 2.75) is 38.5 Å². The van der Waals surface area contributed by atoms with Gasteiger partial charge >= 0.3 is 0 Å². The van der Waals surface area contributed by atoms with E-state index in [-0.39, 0.29) is 12.3 Å². The molecule has 0 aliphatic heterocycles. The molecule has 2 aromatic heterocycles. The van der Waals surface area contributed by atoms with E-state index in [1.54, 1.807) is 7.11 Å². The third kappa shape index (κ3) is 4.15. The van der Waals surface area contributed by atoms with E-state index < -0.39 is 0 Å². The molecule has 1 N–H and O–H groups in total. The van der Waals surface area contributed by atoms with E-state index in [0.717, 1.165) is 42.6 Å². The Kier molecular flexibility index (Phi) is 5.58. The number of aryl methyl sites for hydroxylation is 2. The van der Waals surface area contributed by atoms with Crippen LogP contribution in [0.25, 0.3) is 11.4 Å². The van der Waals surface area contributed by atoms with Crippen molar-refractivity contribution in [2.24, 2.45) is 0 Å². The number of nitrogens with zero attached hydrogens (tertiary/aromatic N) is 3. The van der Waals surface area contributed by atoms with Gasteiger partial charge in [-0.1, -0.05) is 5.16 Å².